The van der Waals surface area contributed by atoms with Crippen molar-refractivity contribution in [2.45, 2.75) is 23.1 Å². The molecule has 0 saturated heterocycles. The summed E-state index contributed by atoms with van der Waals surface area (Å²) < 4.78 is 4.89. The van der Waals surface area contributed by atoms with E-state index in [9.17, 15) is 4.79 Å². The minimum Gasteiger partial charge on any atom is -0.469 e. The predicted molar refractivity (Wildman–Crippen MR) is 130 cm³/mol. The van der Waals surface area contributed by atoms with Gasteiger partial charge in [-0.25, -0.2) is 0 Å². The van der Waals surface area contributed by atoms with Gasteiger partial charge in [0.15, 0.2) is 0 Å². The van der Waals surface area contributed by atoms with Crippen LogP contribution in [0.5, 0.6) is 0 Å². The van der Waals surface area contributed by atoms with E-state index in [4.69, 9.17) is 27.9 Å². The van der Waals surface area contributed by atoms with Crippen LogP contribution in [0.1, 0.15) is 11.1 Å². The molecular weight excluding hydrogens is 447 g/mol. The summed E-state index contributed by atoms with van der Waals surface area (Å²) in [5.41, 5.74) is 4.14. The maximum Gasteiger partial charge on any atom is 0.309 e. The molecule has 0 radical (unpaired) electrons. The molecule has 0 amide bonds. The van der Waals surface area contributed by atoms with Gasteiger partial charge in [-0.15, -0.1) is 0 Å². The topological polar surface area (TPSA) is 26.3 Å². The number of benzene rings is 4. The lowest BCUT2D eigenvalue weighted by Gasteiger charge is -2.16. The zero-order chi connectivity index (χ0) is 22.0. The van der Waals surface area contributed by atoms with Gasteiger partial charge in [-0.2, -0.15) is 0 Å². The van der Waals surface area contributed by atoms with Gasteiger partial charge in [0.25, 0.3) is 0 Å². The second-order valence-electron chi connectivity index (χ2n) is 7.21. The van der Waals surface area contributed by atoms with Gasteiger partial charge in [0.1, 0.15) is 0 Å². The van der Waals surface area contributed by atoms with Crippen LogP contribution in [-0.2, 0) is 16.0 Å². The molecule has 0 aromatic heterocycles. The fraction of sp³-hybridized carbons (Fsp3) is 0.115. The van der Waals surface area contributed by atoms with Gasteiger partial charge in [0, 0.05) is 14.8 Å². The number of ether oxygens (including phenoxy) is 1. The van der Waals surface area contributed by atoms with Gasteiger partial charge in [0.2, 0.25) is 0 Å². The highest BCUT2D eigenvalue weighted by Crippen LogP contribution is 2.38. The molecule has 5 heteroatoms. The number of esters is 1. The first-order valence-corrected chi connectivity index (χ1v) is 11.3. The van der Waals surface area contributed by atoms with Crippen molar-refractivity contribution >= 4 is 51.7 Å². The molecule has 4 aromatic rings. The Kier molecular flexibility index (Phi) is 6.57. The molecule has 0 bridgehead atoms. The molecule has 4 aromatic carbocycles. The van der Waals surface area contributed by atoms with Crippen LogP contribution < -0.4 is 0 Å². The van der Waals surface area contributed by atoms with Gasteiger partial charge in [-0.05, 0) is 76.3 Å². The third kappa shape index (κ3) is 4.74. The number of fused-ring (bicyclic) bond motifs is 1. The van der Waals surface area contributed by atoms with Crippen LogP contribution in [0, 0.1) is 6.92 Å². The van der Waals surface area contributed by atoms with Gasteiger partial charge in [-0.1, -0.05) is 71.4 Å². The van der Waals surface area contributed by atoms with Crippen molar-refractivity contribution in [1.82, 2.24) is 0 Å². The van der Waals surface area contributed by atoms with E-state index < -0.39 is 0 Å². The molecule has 0 atom stereocenters. The van der Waals surface area contributed by atoms with Crippen LogP contribution in [0.15, 0.2) is 82.6 Å². The van der Waals surface area contributed by atoms with Crippen LogP contribution in [0.4, 0.5) is 0 Å². The number of hydrogen-bond acceptors (Lipinski definition) is 3. The van der Waals surface area contributed by atoms with E-state index in [1.807, 2.05) is 55.5 Å². The van der Waals surface area contributed by atoms with Gasteiger partial charge < -0.3 is 4.74 Å². The predicted octanol–water partition coefficient (Wildman–Crippen LogP) is 7.99. The Bertz CT molecular complexity index is 1270. The fourth-order valence-electron chi connectivity index (χ4n) is 3.66. The van der Waals surface area contributed by atoms with E-state index in [1.54, 1.807) is 11.8 Å². The molecule has 0 N–H and O–H groups in total. The monoisotopic (exact) mass is 466 g/mol. The average molecular weight is 467 g/mol. The van der Waals surface area contributed by atoms with E-state index in [-0.39, 0.29) is 12.4 Å². The minimum absolute atomic E-state index is 0.230. The second kappa shape index (κ2) is 9.35. The normalized spacial score (nSPS) is 11.0. The van der Waals surface area contributed by atoms with Crippen LogP contribution in [0.2, 0.25) is 10.0 Å². The molecule has 0 aliphatic rings. The maximum absolute atomic E-state index is 12.0. The summed E-state index contributed by atoms with van der Waals surface area (Å²) in [6.07, 6.45) is 0.230. The molecule has 0 aliphatic carbocycles. The second-order valence-corrected chi connectivity index (χ2v) is 9.17. The zero-order valence-electron chi connectivity index (χ0n) is 17.1. The highest BCUT2D eigenvalue weighted by molar-refractivity contribution is 7.99. The Hall–Kier alpha value is -2.46. The molecule has 4 rings (SSSR count). The van der Waals surface area contributed by atoms with Gasteiger partial charge in [0.05, 0.1) is 18.6 Å². The highest BCUT2D eigenvalue weighted by atomic mass is 35.5. The molecule has 31 heavy (non-hydrogen) atoms. The molecule has 0 heterocycles. The van der Waals surface area contributed by atoms with E-state index in [1.165, 1.54) is 7.11 Å². The fourth-order valence-corrected chi connectivity index (χ4v) is 4.92. The van der Waals surface area contributed by atoms with E-state index >= 15 is 0 Å². The first kappa shape index (κ1) is 21.8. The Balaban J connectivity index is 1.79. The number of carbonyl (C=O) groups is 1. The molecule has 0 fully saturated rings. The van der Waals surface area contributed by atoms with Crippen LogP contribution >= 0.6 is 35.0 Å². The Morgan fingerprint density at radius 2 is 1.71 bits per heavy atom. The van der Waals surface area contributed by atoms with Crippen molar-refractivity contribution in [1.29, 1.82) is 0 Å². The number of hydrogen-bond donors (Lipinski definition) is 0. The molecule has 156 valence electrons. The Morgan fingerprint density at radius 3 is 2.42 bits per heavy atom. The molecule has 0 aliphatic heterocycles. The smallest absolute Gasteiger partial charge is 0.309 e. The molecular formula is C26H20Cl2O2S. The zero-order valence-corrected chi connectivity index (χ0v) is 19.4. The maximum atomic E-state index is 12.0. The van der Waals surface area contributed by atoms with Crippen LogP contribution in [0.25, 0.3) is 21.9 Å². The summed E-state index contributed by atoms with van der Waals surface area (Å²) in [5, 5.41) is 3.52. The lowest BCUT2D eigenvalue weighted by atomic mass is 9.89. The van der Waals surface area contributed by atoms with E-state index in [0.29, 0.717) is 5.02 Å². The first-order valence-electron chi connectivity index (χ1n) is 9.77. The summed E-state index contributed by atoms with van der Waals surface area (Å²) in [6.45, 7) is 2.04. The van der Waals surface area contributed by atoms with Crippen LogP contribution in [-0.4, -0.2) is 13.1 Å². The third-order valence-electron chi connectivity index (χ3n) is 5.24. The number of rotatable bonds is 5. The number of halogens is 2. The molecule has 0 saturated carbocycles. The van der Waals surface area contributed by atoms with Gasteiger partial charge in [-0.3, -0.25) is 4.79 Å². The lowest BCUT2D eigenvalue weighted by Crippen LogP contribution is -2.06. The first-order chi connectivity index (χ1) is 15.0. The Labute approximate surface area is 196 Å². The summed E-state index contributed by atoms with van der Waals surface area (Å²) in [6, 6.07) is 24.1. The lowest BCUT2D eigenvalue weighted by molar-refractivity contribution is -0.139. The largest absolute Gasteiger partial charge is 0.469 e. The standard InChI is InChI=1S/C26H20Cl2O2S/c1-16-19(14-25(29)30-2)13-18-7-10-20(27)15-22(18)26(16)17-8-11-21(12-9-17)31-24-6-4-3-5-23(24)28/h3-13,15H,14H2,1-2H3. The Morgan fingerprint density at radius 1 is 0.968 bits per heavy atom. The summed E-state index contributed by atoms with van der Waals surface area (Å²) in [5.74, 6) is -0.256. The van der Waals surface area contributed by atoms with Crippen molar-refractivity contribution in [3.63, 3.8) is 0 Å². The summed E-state index contributed by atoms with van der Waals surface area (Å²) in [7, 11) is 1.41. The minimum atomic E-state index is -0.256. The van der Waals surface area contributed by atoms with Crippen molar-refractivity contribution in [3.8, 4) is 11.1 Å². The summed E-state index contributed by atoms with van der Waals surface area (Å²) in [4.78, 5) is 14.1. The van der Waals surface area contributed by atoms with E-state index in [0.717, 1.165) is 47.8 Å². The quantitative estimate of drug-likeness (QED) is 0.278. The van der Waals surface area contributed by atoms with Crippen molar-refractivity contribution in [3.05, 3.63) is 94.0 Å². The molecule has 0 spiro atoms. The van der Waals surface area contributed by atoms with Crippen molar-refractivity contribution in [2.24, 2.45) is 0 Å². The highest BCUT2D eigenvalue weighted by Gasteiger charge is 2.15. The van der Waals surface area contributed by atoms with Crippen molar-refractivity contribution in [2.75, 3.05) is 7.11 Å². The molecule has 0 unspecified atom stereocenters. The molecule has 2 nitrogen and oxygen atoms in total. The average Bonchev–Trinajstić information content (AvgIpc) is 2.77. The summed E-state index contributed by atoms with van der Waals surface area (Å²) >= 11 is 14.2. The van der Waals surface area contributed by atoms with Gasteiger partial charge >= 0.3 is 5.97 Å². The SMILES string of the molecule is COC(=O)Cc1cc2ccc(Cl)cc2c(-c2ccc(Sc3ccccc3Cl)cc2)c1C. The number of methoxy groups -OCH3 is 1. The number of carbonyl (C=O) groups excluding carboxylic acids is 1. The van der Waals surface area contributed by atoms with Crippen molar-refractivity contribution < 1.29 is 9.53 Å². The van der Waals surface area contributed by atoms with Crippen LogP contribution in [0.3, 0.4) is 0 Å². The van der Waals surface area contributed by atoms with E-state index in [2.05, 4.69) is 24.3 Å². The third-order valence-corrected chi connectivity index (χ3v) is 7.00.